The van der Waals surface area contributed by atoms with Gasteiger partial charge in [0.2, 0.25) is 10.0 Å². The van der Waals surface area contributed by atoms with Crippen molar-refractivity contribution in [1.29, 1.82) is 0 Å². The van der Waals surface area contributed by atoms with Gasteiger partial charge in [-0.1, -0.05) is 36.4 Å². The molecule has 21 heteroatoms. The maximum absolute atomic E-state index is 13.2. The molecule has 4 saturated heterocycles. The highest BCUT2D eigenvalue weighted by atomic mass is 32.3. The Morgan fingerprint density at radius 1 is 0.656 bits per heavy atom. The molecule has 0 aliphatic carbocycles. The number of nitrogens with one attached hydrogen (secondary N) is 1. The molecule has 6 heterocycles. The molecule has 2 aromatic carbocycles. The van der Waals surface area contributed by atoms with E-state index < -0.39 is 47.3 Å². The van der Waals surface area contributed by atoms with E-state index in [0.29, 0.717) is 69.4 Å². The van der Waals surface area contributed by atoms with E-state index >= 15 is 0 Å². The SMILES string of the molecule is CC(C)(O)c1ccc(N2CCN(S(=O)(=O)c3cccs3)C[C@@H]2CN(C2COC2)S(C)(=O)=O)cc1.CC(C)(O)c1ccc(N2CCN(S(=O)(=O)c3cccs3)C[C@@H]2CNC2COC2)cc1. The van der Waals surface area contributed by atoms with Gasteiger partial charge in [-0.05, 0) is 86.0 Å². The van der Waals surface area contributed by atoms with Crippen LogP contribution in [0.2, 0.25) is 0 Å². The predicted molar refractivity (Wildman–Crippen MR) is 251 cm³/mol. The van der Waals surface area contributed by atoms with E-state index in [-0.39, 0.29) is 35.9 Å². The van der Waals surface area contributed by atoms with Gasteiger partial charge < -0.3 is 34.8 Å². The van der Waals surface area contributed by atoms with Crippen LogP contribution in [0.15, 0.2) is 92.0 Å². The fourth-order valence-electron chi connectivity index (χ4n) is 8.11. The van der Waals surface area contributed by atoms with Crippen molar-refractivity contribution in [2.75, 3.05) is 94.8 Å². The third kappa shape index (κ3) is 11.4. The zero-order chi connectivity index (χ0) is 46.1. The van der Waals surface area contributed by atoms with Crippen LogP contribution in [0.5, 0.6) is 0 Å². The lowest BCUT2D eigenvalue weighted by atomic mass is 9.98. The minimum atomic E-state index is -3.67. The van der Waals surface area contributed by atoms with Crippen LogP contribution in [-0.2, 0) is 50.7 Å². The molecule has 8 rings (SSSR count). The zero-order valence-electron chi connectivity index (χ0n) is 36.8. The second-order valence-electron chi connectivity index (χ2n) is 17.7. The number of hydrogen-bond acceptors (Lipinski definition) is 15. The Balaban J connectivity index is 0.000000193. The van der Waals surface area contributed by atoms with E-state index in [1.807, 2.05) is 48.5 Å². The van der Waals surface area contributed by atoms with Gasteiger partial charge in [0.25, 0.3) is 20.0 Å². The minimum Gasteiger partial charge on any atom is -0.386 e. The molecule has 0 saturated carbocycles. The van der Waals surface area contributed by atoms with Crippen molar-refractivity contribution in [3.8, 4) is 0 Å². The van der Waals surface area contributed by atoms with Crippen molar-refractivity contribution in [3.05, 3.63) is 94.7 Å². The molecule has 0 spiro atoms. The summed E-state index contributed by atoms with van der Waals surface area (Å²) in [6, 6.07) is 21.8. The molecule has 16 nitrogen and oxygen atoms in total. The maximum Gasteiger partial charge on any atom is 0.252 e. The van der Waals surface area contributed by atoms with Gasteiger partial charge in [-0.3, -0.25) is 0 Å². The second-order valence-corrected chi connectivity index (χ2v) is 25.8. The maximum atomic E-state index is 13.2. The molecule has 0 radical (unpaired) electrons. The van der Waals surface area contributed by atoms with Gasteiger partial charge in [0, 0.05) is 63.7 Å². The van der Waals surface area contributed by atoms with Crippen molar-refractivity contribution in [2.45, 2.75) is 71.5 Å². The topological polar surface area (TPSA) is 190 Å². The molecule has 4 aliphatic heterocycles. The molecule has 4 aromatic rings. The summed E-state index contributed by atoms with van der Waals surface area (Å²) in [5.74, 6) is 0. The fourth-order valence-corrected chi connectivity index (χ4v) is 14.4. The van der Waals surface area contributed by atoms with Crippen LogP contribution in [0.3, 0.4) is 0 Å². The van der Waals surface area contributed by atoms with Gasteiger partial charge in [0.15, 0.2) is 0 Å². The van der Waals surface area contributed by atoms with Crippen molar-refractivity contribution < 1.29 is 44.9 Å². The highest BCUT2D eigenvalue weighted by Gasteiger charge is 2.41. The average molecular weight is 981 g/mol. The highest BCUT2D eigenvalue weighted by Crippen LogP contribution is 2.32. The van der Waals surface area contributed by atoms with Crippen LogP contribution < -0.4 is 15.1 Å². The summed E-state index contributed by atoms with van der Waals surface area (Å²) in [6.45, 7) is 12.2. The van der Waals surface area contributed by atoms with Crippen LogP contribution in [0, 0.1) is 0 Å². The molecule has 3 N–H and O–H groups in total. The summed E-state index contributed by atoms with van der Waals surface area (Å²) < 4.78 is 93.4. The molecule has 4 aliphatic rings. The number of hydrogen-bond donors (Lipinski definition) is 3. The molecule has 0 unspecified atom stereocenters. The van der Waals surface area contributed by atoms with Crippen molar-refractivity contribution in [1.82, 2.24) is 18.2 Å². The summed E-state index contributed by atoms with van der Waals surface area (Å²) >= 11 is 2.43. The van der Waals surface area contributed by atoms with Crippen molar-refractivity contribution in [3.63, 3.8) is 0 Å². The lowest BCUT2D eigenvalue weighted by Crippen LogP contribution is -2.61. The molecule has 2 aromatic heterocycles. The predicted octanol–water partition coefficient (Wildman–Crippen LogP) is 3.36. The number of benzene rings is 2. The first-order chi connectivity index (χ1) is 30.1. The number of nitrogens with zero attached hydrogens (tertiary/aromatic N) is 5. The summed E-state index contributed by atoms with van der Waals surface area (Å²) in [7, 11) is -10.7. The number of rotatable bonds is 15. The first-order valence-electron chi connectivity index (χ1n) is 21.2. The molecule has 4 fully saturated rings. The number of thiophene rings is 2. The van der Waals surface area contributed by atoms with E-state index in [2.05, 4.69) is 15.1 Å². The standard InChI is InChI=1S/C22H31N3O6S3.C21H29N3O4S2/c1-22(2,26)17-6-8-18(9-7-17)24-11-10-23(34(29,30)21-5-4-12-32-21)13-19(24)14-25(33(3,27)28)20-15-31-16-20;1-21(2,25)16-5-7-18(8-6-16)24-10-9-23(30(26,27)20-4-3-11-29-20)13-19(24)12-22-17-14-28-15-17/h4-9,12,19-20,26H,10-11,13-16H2,1-3H3;3-8,11,17,19,22,25H,9-10,12-15H2,1-2H3/t2*19-/m10/s1. The van der Waals surface area contributed by atoms with E-state index in [1.54, 1.807) is 67.0 Å². The van der Waals surface area contributed by atoms with E-state index in [9.17, 15) is 35.5 Å². The molecular weight excluding hydrogens is 921 g/mol. The third-order valence-electron chi connectivity index (χ3n) is 12.0. The monoisotopic (exact) mass is 980 g/mol. The molecule has 352 valence electrons. The Kier molecular flexibility index (Phi) is 15.0. The summed E-state index contributed by atoms with van der Waals surface area (Å²) in [6.07, 6.45) is 1.18. The van der Waals surface area contributed by atoms with E-state index in [4.69, 9.17) is 9.47 Å². The van der Waals surface area contributed by atoms with Crippen LogP contribution in [0.1, 0.15) is 38.8 Å². The molecule has 2 atom stereocenters. The van der Waals surface area contributed by atoms with Crippen molar-refractivity contribution >= 4 is 64.1 Å². The van der Waals surface area contributed by atoms with Crippen molar-refractivity contribution in [2.24, 2.45) is 0 Å². The lowest BCUT2D eigenvalue weighted by molar-refractivity contribution is -0.0382. The Morgan fingerprint density at radius 2 is 1.09 bits per heavy atom. The largest absolute Gasteiger partial charge is 0.386 e. The first-order valence-corrected chi connectivity index (χ1v) is 27.7. The summed E-state index contributed by atoms with van der Waals surface area (Å²) in [5.41, 5.74) is 1.62. The number of sulfonamides is 3. The Morgan fingerprint density at radius 3 is 1.45 bits per heavy atom. The Hall–Kier alpha value is -3.03. The van der Waals surface area contributed by atoms with E-state index in [1.165, 1.54) is 37.5 Å². The van der Waals surface area contributed by atoms with E-state index in [0.717, 1.165) is 22.5 Å². The van der Waals surface area contributed by atoms with Crippen LogP contribution >= 0.6 is 22.7 Å². The second kappa shape index (κ2) is 19.7. The van der Waals surface area contributed by atoms with Crippen LogP contribution in [0.4, 0.5) is 11.4 Å². The summed E-state index contributed by atoms with van der Waals surface area (Å²) in [4.78, 5) is 4.33. The minimum absolute atomic E-state index is 0.00192. The summed E-state index contributed by atoms with van der Waals surface area (Å²) in [5, 5.41) is 27.5. The first kappa shape index (κ1) is 48.9. The van der Waals surface area contributed by atoms with Gasteiger partial charge in [0.1, 0.15) is 8.42 Å². The van der Waals surface area contributed by atoms with Gasteiger partial charge in [-0.15, -0.1) is 22.7 Å². The number of aliphatic hydroxyl groups is 2. The number of ether oxygens (including phenoxy) is 2. The number of anilines is 2. The smallest absolute Gasteiger partial charge is 0.252 e. The molecule has 64 heavy (non-hydrogen) atoms. The lowest BCUT2D eigenvalue weighted by Gasteiger charge is -2.45. The fraction of sp³-hybridized carbons (Fsp3) is 0.535. The van der Waals surface area contributed by atoms with Gasteiger partial charge in [-0.2, -0.15) is 12.9 Å². The van der Waals surface area contributed by atoms with Gasteiger partial charge >= 0.3 is 0 Å². The average Bonchev–Trinajstić information content (AvgIpc) is 3.96. The van der Waals surface area contributed by atoms with Crippen LogP contribution in [-0.4, -0.2) is 158 Å². The molecular formula is C43H60N6O10S5. The van der Waals surface area contributed by atoms with Crippen LogP contribution in [0.25, 0.3) is 0 Å². The van der Waals surface area contributed by atoms with Gasteiger partial charge in [-0.25, -0.2) is 25.3 Å². The Bertz CT molecular complexity index is 2470. The Labute approximate surface area is 386 Å². The quantitative estimate of drug-likeness (QED) is 0.158. The highest BCUT2D eigenvalue weighted by molar-refractivity contribution is 7.91. The molecule has 0 amide bonds. The molecule has 0 bridgehead atoms. The third-order valence-corrected chi connectivity index (χ3v) is 19.8. The number of piperazine rings is 2. The normalized spacial score (nSPS) is 21.3. The zero-order valence-corrected chi connectivity index (χ0v) is 40.9. The van der Waals surface area contributed by atoms with Gasteiger partial charge in [0.05, 0.1) is 68.1 Å².